The Morgan fingerprint density at radius 2 is 1.78 bits per heavy atom. The third-order valence-electron chi connectivity index (χ3n) is 3.58. The van der Waals surface area contributed by atoms with E-state index in [9.17, 15) is 14.4 Å². The minimum atomic E-state index is -1.11. The van der Waals surface area contributed by atoms with Crippen LogP contribution in [0.2, 0.25) is 0 Å². The van der Waals surface area contributed by atoms with E-state index in [1.54, 1.807) is 6.07 Å². The number of aromatic nitrogens is 2. The molecular formula is C17H14N2O3S. The average Bonchev–Trinajstić information content (AvgIpc) is 2.95. The van der Waals surface area contributed by atoms with E-state index in [1.807, 2.05) is 30.3 Å². The maximum atomic E-state index is 12.6. The van der Waals surface area contributed by atoms with Crippen molar-refractivity contribution in [1.82, 2.24) is 9.55 Å². The van der Waals surface area contributed by atoms with Crippen LogP contribution >= 0.6 is 11.3 Å². The van der Waals surface area contributed by atoms with E-state index >= 15 is 0 Å². The molecule has 2 aromatic heterocycles. The predicted molar refractivity (Wildman–Crippen MR) is 89.7 cm³/mol. The maximum absolute atomic E-state index is 12.6. The van der Waals surface area contributed by atoms with Gasteiger partial charge < -0.3 is 0 Å². The van der Waals surface area contributed by atoms with Crippen molar-refractivity contribution in [2.24, 2.45) is 0 Å². The molecule has 0 aliphatic heterocycles. The fourth-order valence-corrected chi connectivity index (χ4v) is 3.54. The molecule has 0 saturated heterocycles. The number of carbonyl (C=O) groups is 2. The molecule has 0 radical (unpaired) electrons. The summed E-state index contributed by atoms with van der Waals surface area (Å²) in [5, 5.41) is 0.420. The van der Waals surface area contributed by atoms with Gasteiger partial charge in [0, 0.05) is 4.88 Å². The van der Waals surface area contributed by atoms with Crippen LogP contribution in [0.5, 0.6) is 0 Å². The molecule has 0 bridgehead atoms. The van der Waals surface area contributed by atoms with Crippen LogP contribution in [0.15, 0.2) is 47.5 Å². The number of fused-ring (bicyclic) bond motifs is 1. The number of ketones is 2. The van der Waals surface area contributed by atoms with Crippen LogP contribution in [-0.4, -0.2) is 21.1 Å². The molecule has 3 rings (SSSR count). The number of nitrogens with zero attached hydrogens (tertiary/aromatic N) is 2. The molecule has 2 heterocycles. The van der Waals surface area contributed by atoms with E-state index in [1.165, 1.54) is 31.5 Å². The van der Waals surface area contributed by atoms with Crippen molar-refractivity contribution in [2.75, 3.05) is 0 Å². The summed E-state index contributed by atoms with van der Waals surface area (Å²) in [6, 6.07) is 10.3. The Hall–Kier alpha value is -2.60. The van der Waals surface area contributed by atoms with E-state index in [0.29, 0.717) is 10.2 Å². The lowest BCUT2D eigenvalue weighted by atomic mass is 10.1. The third kappa shape index (κ3) is 2.73. The average molecular weight is 326 g/mol. The van der Waals surface area contributed by atoms with Gasteiger partial charge in [0.2, 0.25) is 0 Å². The first kappa shape index (κ1) is 15.3. The van der Waals surface area contributed by atoms with Crippen molar-refractivity contribution in [1.29, 1.82) is 0 Å². The summed E-state index contributed by atoms with van der Waals surface area (Å²) >= 11 is 1.41. The van der Waals surface area contributed by atoms with E-state index in [0.717, 1.165) is 15.0 Å². The van der Waals surface area contributed by atoms with Crippen LogP contribution in [-0.2, 0) is 9.59 Å². The number of carbonyl (C=O) groups excluding carboxylic acids is 2. The van der Waals surface area contributed by atoms with Crippen LogP contribution in [0.1, 0.15) is 19.9 Å². The Labute approximate surface area is 136 Å². The second-order valence-electron chi connectivity index (χ2n) is 5.28. The van der Waals surface area contributed by atoms with Gasteiger partial charge in [0.1, 0.15) is 11.2 Å². The third-order valence-corrected chi connectivity index (χ3v) is 4.68. The van der Waals surface area contributed by atoms with Gasteiger partial charge in [-0.15, -0.1) is 11.3 Å². The zero-order valence-electron chi connectivity index (χ0n) is 12.6. The first-order valence-corrected chi connectivity index (χ1v) is 7.87. The van der Waals surface area contributed by atoms with Crippen LogP contribution in [0.25, 0.3) is 20.7 Å². The maximum Gasteiger partial charge on any atom is 0.263 e. The van der Waals surface area contributed by atoms with Crippen LogP contribution in [0.4, 0.5) is 0 Å². The number of rotatable bonds is 4. The lowest BCUT2D eigenvalue weighted by Crippen LogP contribution is -2.33. The quantitative estimate of drug-likeness (QED) is 0.691. The largest absolute Gasteiger partial charge is 0.297 e. The van der Waals surface area contributed by atoms with Gasteiger partial charge in [-0.25, -0.2) is 4.98 Å². The Kier molecular flexibility index (Phi) is 3.92. The van der Waals surface area contributed by atoms with Crippen molar-refractivity contribution in [2.45, 2.75) is 19.9 Å². The number of hydrogen-bond acceptors (Lipinski definition) is 5. The monoisotopic (exact) mass is 326 g/mol. The molecule has 116 valence electrons. The minimum Gasteiger partial charge on any atom is -0.297 e. The SMILES string of the molecule is CC(=O)C(C(C)=O)n1cnc2sc(-c3ccccc3)cc2c1=O. The lowest BCUT2D eigenvalue weighted by Gasteiger charge is -2.12. The predicted octanol–water partition coefficient (Wildman–Crippen LogP) is 2.84. The van der Waals surface area contributed by atoms with Gasteiger partial charge in [-0.05, 0) is 25.5 Å². The van der Waals surface area contributed by atoms with E-state index in [4.69, 9.17) is 0 Å². The van der Waals surface area contributed by atoms with Crippen molar-refractivity contribution < 1.29 is 9.59 Å². The fraction of sp³-hybridized carbons (Fsp3) is 0.176. The van der Waals surface area contributed by atoms with Gasteiger partial charge >= 0.3 is 0 Å². The molecule has 5 nitrogen and oxygen atoms in total. The van der Waals surface area contributed by atoms with Gasteiger partial charge in [0.05, 0.1) is 5.39 Å². The highest BCUT2D eigenvalue weighted by molar-refractivity contribution is 7.21. The summed E-state index contributed by atoms with van der Waals surface area (Å²) in [5.41, 5.74) is 0.625. The topological polar surface area (TPSA) is 69.0 Å². The highest BCUT2D eigenvalue weighted by Gasteiger charge is 2.24. The van der Waals surface area contributed by atoms with Gasteiger partial charge in [-0.1, -0.05) is 30.3 Å². The molecule has 1 aromatic carbocycles. The van der Waals surface area contributed by atoms with E-state index < -0.39 is 6.04 Å². The lowest BCUT2D eigenvalue weighted by molar-refractivity contribution is -0.129. The van der Waals surface area contributed by atoms with Crippen molar-refractivity contribution in [3.8, 4) is 10.4 Å². The summed E-state index contributed by atoms with van der Waals surface area (Å²) in [4.78, 5) is 41.8. The fourth-order valence-electron chi connectivity index (χ4n) is 2.54. The molecule has 6 heteroatoms. The molecule has 3 aromatic rings. The molecule has 0 aliphatic rings. The minimum absolute atomic E-state index is 0.371. The molecule has 0 spiro atoms. The summed E-state index contributed by atoms with van der Waals surface area (Å²) in [5.74, 6) is -0.751. The Bertz CT molecular complexity index is 943. The van der Waals surface area contributed by atoms with Gasteiger partial charge in [0.25, 0.3) is 5.56 Å². The first-order valence-electron chi connectivity index (χ1n) is 7.06. The molecule has 0 unspecified atom stereocenters. The molecule has 0 amide bonds. The van der Waals surface area contributed by atoms with Crippen LogP contribution < -0.4 is 5.56 Å². The normalized spacial score (nSPS) is 11.1. The number of thiophene rings is 1. The molecular weight excluding hydrogens is 312 g/mol. The molecule has 0 fully saturated rings. The number of benzene rings is 1. The van der Waals surface area contributed by atoms with E-state index in [2.05, 4.69) is 4.98 Å². The molecule has 0 atom stereocenters. The summed E-state index contributed by atoms with van der Waals surface area (Å²) in [6.45, 7) is 2.59. The van der Waals surface area contributed by atoms with E-state index in [-0.39, 0.29) is 17.1 Å². The summed E-state index contributed by atoms with van der Waals surface area (Å²) in [7, 11) is 0. The summed E-state index contributed by atoms with van der Waals surface area (Å²) in [6.07, 6.45) is 1.28. The van der Waals surface area contributed by atoms with Crippen molar-refractivity contribution in [3.63, 3.8) is 0 Å². The highest BCUT2D eigenvalue weighted by Crippen LogP contribution is 2.30. The zero-order chi connectivity index (χ0) is 16.6. The smallest absolute Gasteiger partial charge is 0.263 e. The molecule has 0 saturated carbocycles. The van der Waals surface area contributed by atoms with Gasteiger partial charge in [-0.3, -0.25) is 19.0 Å². The molecule has 0 N–H and O–H groups in total. The Morgan fingerprint density at radius 3 is 2.39 bits per heavy atom. The second kappa shape index (κ2) is 5.89. The molecule has 23 heavy (non-hydrogen) atoms. The highest BCUT2D eigenvalue weighted by atomic mass is 32.1. The second-order valence-corrected chi connectivity index (χ2v) is 6.31. The standard InChI is InChI=1S/C17H14N2O3S/c1-10(20)15(11(2)21)19-9-18-16-13(17(19)22)8-14(23-16)12-6-4-3-5-7-12/h3-9,15H,1-2H3. The Balaban J connectivity index is 2.19. The van der Waals surface area contributed by atoms with Crippen molar-refractivity contribution >= 4 is 33.1 Å². The van der Waals surface area contributed by atoms with Gasteiger partial charge in [-0.2, -0.15) is 0 Å². The number of hydrogen-bond donors (Lipinski definition) is 0. The first-order chi connectivity index (χ1) is 11.0. The van der Waals surface area contributed by atoms with Gasteiger partial charge in [0.15, 0.2) is 17.6 Å². The molecule has 0 aliphatic carbocycles. The number of Topliss-reactive ketones (excluding diaryl/α,β-unsaturated/α-hetero) is 2. The van der Waals surface area contributed by atoms with Crippen LogP contribution in [0.3, 0.4) is 0 Å². The van der Waals surface area contributed by atoms with Crippen molar-refractivity contribution in [3.05, 3.63) is 53.1 Å². The summed E-state index contributed by atoms with van der Waals surface area (Å²) < 4.78 is 1.12. The Morgan fingerprint density at radius 1 is 1.13 bits per heavy atom. The van der Waals surface area contributed by atoms with Crippen LogP contribution in [0, 0.1) is 0 Å². The zero-order valence-corrected chi connectivity index (χ0v) is 13.5.